The van der Waals surface area contributed by atoms with Gasteiger partial charge in [-0.05, 0) is 45.4 Å². The van der Waals surface area contributed by atoms with E-state index in [0.29, 0.717) is 5.82 Å². The van der Waals surface area contributed by atoms with Crippen molar-refractivity contribution in [2.45, 2.75) is 65.3 Å². The predicted octanol–water partition coefficient (Wildman–Crippen LogP) is 3.63. The monoisotopic (exact) mass is 291 g/mol. The van der Waals surface area contributed by atoms with E-state index in [9.17, 15) is 4.79 Å². The Hall–Kier alpha value is -1.32. The normalized spacial score (nSPS) is 23.0. The van der Waals surface area contributed by atoms with Crippen LogP contribution in [0.1, 0.15) is 59.8 Å². The Morgan fingerprint density at radius 3 is 2.81 bits per heavy atom. The van der Waals surface area contributed by atoms with Gasteiger partial charge in [-0.1, -0.05) is 26.2 Å². The van der Waals surface area contributed by atoms with E-state index in [1.54, 1.807) is 17.0 Å². The summed E-state index contributed by atoms with van der Waals surface area (Å²) < 4.78 is 1.74. The average Bonchev–Trinajstić information content (AvgIpc) is 2.39. The van der Waals surface area contributed by atoms with E-state index in [1.165, 1.54) is 25.7 Å². The second-order valence-corrected chi connectivity index (χ2v) is 7.48. The molecule has 1 aromatic rings. The molecule has 1 N–H and O–H groups in total. The molecule has 0 spiro atoms. The fourth-order valence-electron chi connectivity index (χ4n) is 3.28. The highest BCUT2D eigenvalue weighted by Gasteiger charge is 2.19. The molecule has 118 valence electrons. The van der Waals surface area contributed by atoms with E-state index in [0.717, 1.165) is 24.8 Å². The maximum Gasteiger partial charge on any atom is 0.293 e. The summed E-state index contributed by atoms with van der Waals surface area (Å²) in [6, 6.07) is 0. The molecule has 4 nitrogen and oxygen atoms in total. The van der Waals surface area contributed by atoms with E-state index in [-0.39, 0.29) is 11.1 Å². The van der Waals surface area contributed by atoms with Gasteiger partial charge < -0.3 is 9.88 Å². The first-order chi connectivity index (χ1) is 9.88. The molecular weight excluding hydrogens is 262 g/mol. The third-order valence-electron chi connectivity index (χ3n) is 4.45. The van der Waals surface area contributed by atoms with Crippen LogP contribution < -0.4 is 10.9 Å². The fraction of sp³-hybridized carbons (Fsp3) is 0.765. The molecule has 1 saturated carbocycles. The van der Waals surface area contributed by atoms with E-state index >= 15 is 0 Å². The van der Waals surface area contributed by atoms with Crippen LogP contribution in [0.3, 0.4) is 0 Å². The molecule has 0 aromatic carbocycles. The zero-order valence-electron chi connectivity index (χ0n) is 13.9. The van der Waals surface area contributed by atoms with Crippen molar-refractivity contribution in [1.29, 1.82) is 0 Å². The Labute approximate surface area is 128 Å². The van der Waals surface area contributed by atoms with Crippen LogP contribution in [0.4, 0.5) is 5.82 Å². The van der Waals surface area contributed by atoms with Crippen molar-refractivity contribution in [2.24, 2.45) is 11.8 Å². The molecule has 1 fully saturated rings. The molecule has 0 bridgehead atoms. The van der Waals surface area contributed by atoms with Crippen LogP contribution in [-0.2, 0) is 5.54 Å². The number of rotatable bonds is 4. The zero-order chi connectivity index (χ0) is 15.5. The lowest BCUT2D eigenvalue weighted by Crippen LogP contribution is -2.35. The molecule has 0 aliphatic heterocycles. The van der Waals surface area contributed by atoms with Crippen molar-refractivity contribution in [3.63, 3.8) is 0 Å². The fourth-order valence-corrected chi connectivity index (χ4v) is 3.28. The van der Waals surface area contributed by atoms with Gasteiger partial charge in [0.25, 0.3) is 5.56 Å². The Bertz CT molecular complexity index is 516. The minimum atomic E-state index is -0.213. The first-order valence-corrected chi connectivity index (χ1v) is 8.20. The topological polar surface area (TPSA) is 46.9 Å². The van der Waals surface area contributed by atoms with Crippen molar-refractivity contribution < 1.29 is 0 Å². The molecule has 2 unspecified atom stereocenters. The van der Waals surface area contributed by atoms with Crippen molar-refractivity contribution in [2.75, 3.05) is 11.9 Å². The van der Waals surface area contributed by atoms with Crippen molar-refractivity contribution in [1.82, 2.24) is 9.55 Å². The highest BCUT2D eigenvalue weighted by Crippen LogP contribution is 2.30. The first kappa shape index (κ1) is 16.1. The summed E-state index contributed by atoms with van der Waals surface area (Å²) in [5.74, 6) is 2.14. The summed E-state index contributed by atoms with van der Waals surface area (Å²) in [7, 11) is 0. The molecule has 4 heteroatoms. The quantitative estimate of drug-likeness (QED) is 0.921. The standard InChI is InChI=1S/C17H29N3O/c1-13-6-5-7-14(12-13)8-9-18-15-16(21)20(11-10-19-15)17(2,3)4/h10-11,13-14H,5-9,12H2,1-4H3,(H,18,19). The van der Waals surface area contributed by atoms with Gasteiger partial charge in [0, 0.05) is 24.5 Å². The number of nitrogens with zero attached hydrogens (tertiary/aromatic N) is 2. The third kappa shape index (κ3) is 4.32. The summed E-state index contributed by atoms with van der Waals surface area (Å²) in [4.78, 5) is 16.6. The Morgan fingerprint density at radius 1 is 1.38 bits per heavy atom. The van der Waals surface area contributed by atoms with E-state index in [2.05, 4.69) is 17.2 Å². The maximum absolute atomic E-state index is 12.4. The van der Waals surface area contributed by atoms with Gasteiger partial charge in [0.15, 0.2) is 5.82 Å². The van der Waals surface area contributed by atoms with E-state index in [1.807, 2.05) is 20.8 Å². The SMILES string of the molecule is CC1CCCC(CCNc2nccn(C(C)(C)C)c2=O)C1. The summed E-state index contributed by atoms with van der Waals surface area (Å²) >= 11 is 0. The summed E-state index contributed by atoms with van der Waals surface area (Å²) in [6.07, 6.45) is 9.99. The van der Waals surface area contributed by atoms with E-state index < -0.39 is 0 Å². The molecule has 1 aromatic heterocycles. The van der Waals surface area contributed by atoms with Gasteiger partial charge in [-0.15, -0.1) is 0 Å². The van der Waals surface area contributed by atoms with Crippen LogP contribution in [0, 0.1) is 11.8 Å². The van der Waals surface area contributed by atoms with Crippen molar-refractivity contribution >= 4 is 5.82 Å². The van der Waals surface area contributed by atoms with Crippen molar-refractivity contribution in [3.05, 3.63) is 22.7 Å². The second-order valence-electron chi connectivity index (χ2n) is 7.48. The number of nitrogens with one attached hydrogen (secondary N) is 1. The van der Waals surface area contributed by atoms with Gasteiger partial charge in [-0.2, -0.15) is 0 Å². The minimum absolute atomic E-state index is 0.0259. The molecule has 0 radical (unpaired) electrons. The highest BCUT2D eigenvalue weighted by atomic mass is 16.1. The van der Waals surface area contributed by atoms with Gasteiger partial charge >= 0.3 is 0 Å². The molecule has 1 aliphatic rings. The Balaban J connectivity index is 1.93. The van der Waals surface area contributed by atoms with Gasteiger partial charge in [0.2, 0.25) is 0 Å². The summed E-state index contributed by atoms with van der Waals surface area (Å²) in [5, 5.41) is 3.24. The van der Waals surface area contributed by atoms with Crippen LogP contribution in [0.15, 0.2) is 17.2 Å². The number of aromatic nitrogens is 2. The number of hydrogen-bond acceptors (Lipinski definition) is 3. The Morgan fingerprint density at radius 2 is 2.14 bits per heavy atom. The highest BCUT2D eigenvalue weighted by molar-refractivity contribution is 5.31. The lowest BCUT2D eigenvalue weighted by Gasteiger charge is -2.27. The predicted molar refractivity (Wildman–Crippen MR) is 87.7 cm³/mol. The lowest BCUT2D eigenvalue weighted by atomic mass is 9.81. The number of anilines is 1. The number of hydrogen-bond donors (Lipinski definition) is 1. The largest absolute Gasteiger partial charge is 0.365 e. The molecular formula is C17H29N3O. The van der Waals surface area contributed by atoms with Gasteiger partial charge in [-0.3, -0.25) is 4.79 Å². The average molecular weight is 291 g/mol. The smallest absolute Gasteiger partial charge is 0.293 e. The molecule has 1 heterocycles. The van der Waals surface area contributed by atoms with Crippen LogP contribution in [0.5, 0.6) is 0 Å². The summed E-state index contributed by atoms with van der Waals surface area (Å²) in [6.45, 7) is 9.28. The van der Waals surface area contributed by atoms with Crippen LogP contribution in [0.2, 0.25) is 0 Å². The molecule has 2 atom stereocenters. The molecule has 2 rings (SSSR count). The summed E-state index contributed by atoms with van der Waals surface area (Å²) in [5.41, 5.74) is -0.239. The molecule has 1 aliphatic carbocycles. The molecule has 0 amide bonds. The van der Waals surface area contributed by atoms with E-state index in [4.69, 9.17) is 0 Å². The van der Waals surface area contributed by atoms with Crippen LogP contribution in [0.25, 0.3) is 0 Å². The van der Waals surface area contributed by atoms with Gasteiger partial charge in [-0.25, -0.2) is 4.98 Å². The lowest BCUT2D eigenvalue weighted by molar-refractivity contribution is 0.274. The van der Waals surface area contributed by atoms with Crippen molar-refractivity contribution in [3.8, 4) is 0 Å². The first-order valence-electron chi connectivity index (χ1n) is 8.20. The third-order valence-corrected chi connectivity index (χ3v) is 4.45. The Kier molecular flexibility index (Phi) is 5.07. The zero-order valence-corrected chi connectivity index (χ0v) is 13.9. The molecule has 21 heavy (non-hydrogen) atoms. The molecule has 0 saturated heterocycles. The van der Waals surface area contributed by atoms with Gasteiger partial charge in [0.05, 0.1) is 0 Å². The second kappa shape index (κ2) is 6.63. The minimum Gasteiger partial charge on any atom is -0.365 e. The van der Waals surface area contributed by atoms with Crippen LogP contribution in [-0.4, -0.2) is 16.1 Å². The van der Waals surface area contributed by atoms with Crippen LogP contribution >= 0.6 is 0 Å². The van der Waals surface area contributed by atoms with Gasteiger partial charge in [0.1, 0.15) is 0 Å². The maximum atomic E-state index is 12.4.